The van der Waals surface area contributed by atoms with Crippen molar-refractivity contribution in [2.24, 2.45) is 0 Å². The molecule has 0 amide bonds. The van der Waals surface area contributed by atoms with Crippen LogP contribution in [0, 0.1) is 0 Å². The lowest BCUT2D eigenvalue weighted by Crippen LogP contribution is -2.43. The second-order valence-electron chi connectivity index (χ2n) is 7.01. The van der Waals surface area contributed by atoms with Gasteiger partial charge in [0.25, 0.3) is 0 Å². The van der Waals surface area contributed by atoms with Crippen LogP contribution in [0.5, 0.6) is 0 Å². The van der Waals surface area contributed by atoms with Crippen LogP contribution in [0.1, 0.15) is 18.7 Å². The van der Waals surface area contributed by atoms with Gasteiger partial charge in [0.05, 0.1) is 0 Å². The van der Waals surface area contributed by atoms with Gasteiger partial charge in [-0.1, -0.05) is 42.5 Å². The summed E-state index contributed by atoms with van der Waals surface area (Å²) in [5, 5.41) is 9.93. The van der Waals surface area contributed by atoms with Gasteiger partial charge in [-0.15, -0.1) is 0 Å². The van der Waals surface area contributed by atoms with E-state index in [1.54, 1.807) is 0 Å². The van der Waals surface area contributed by atoms with E-state index >= 15 is 0 Å². The predicted octanol–water partition coefficient (Wildman–Crippen LogP) is 2.57. The molecule has 6 heteroatoms. The van der Waals surface area contributed by atoms with E-state index in [4.69, 9.17) is 0 Å². The van der Waals surface area contributed by atoms with Gasteiger partial charge in [0.2, 0.25) is 0 Å². The van der Waals surface area contributed by atoms with Crippen molar-refractivity contribution in [2.75, 3.05) is 24.5 Å². The average molecular weight is 363 g/mol. The first-order valence-corrected chi connectivity index (χ1v) is 9.55. The van der Waals surface area contributed by atoms with Crippen molar-refractivity contribution in [3.05, 3.63) is 70.9 Å². The van der Waals surface area contributed by atoms with Gasteiger partial charge < -0.3 is 10.2 Å². The number of piperidine rings is 1. The summed E-state index contributed by atoms with van der Waals surface area (Å²) >= 11 is 0. The SMILES string of the molecule is O=c1[nH]nc(CCNC2CCN(c3cccc(-c4ccccc4)c3)CC2)[nH]1. The molecule has 27 heavy (non-hydrogen) atoms. The summed E-state index contributed by atoms with van der Waals surface area (Å²) in [6, 6.07) is 19.8. The second kappa shape index (κ2) is 8.22. The van der Waals surface area contributed by atoms with Gasteiger partial charge in [-0.3, -0.25) is 4.98 Å². The topological polar surface area (TPSA) is 76.8 Å². The molecule has 0 unspecified atom stereocenters. The second-order valence-corrected chi connectivity index (χ2v) is 7.01. The molecule has 0 spiro atoms. The van der Waals surface area contributed by atoms with Gasteiger partial charge in [-0.25, -0.2) is 9.89 Å². The molecule has 1 aromatic heterocycles. The molecule has 0 bridgehead atoms. The van der Waals surface area contributed by atoms with Gasteiger partial charge in [0.1, 0.15) is 5.82 Å². The Kier molecular flexibility index (Phi) is 5.34. The summed E-state index contributed by atoms with van der Waals surface area (Å²) in [7, 11) is 0. The van der Waals surface area contributed by atoms with E-state index < -0.39 is 0 Å². The predicted molar refractivity (Wildman–Crippen MR) is 108 cm³/mol. The summed E-state index contributed by atoms with van der Waals surface area (Å²) < 4.78 is 0. The molecular formula is C21H25N5O. The van der Waals surface area contributed by atoms with Gasteiger partial charge in [-0.05, 0) is 36.1 Å². The largest absolute Gasteiger partial charge is 0.371 e. The molecule has 3 aromatic rings. The highest BCUT2D eigenvalue weighted by molar-refractivity contribution is 5.68. The third-order valence-corrected chi connectivity index (χ3v) is 5.16. The quantitative estimate of drug-likeness (QED) is 0.629. The number of H-pyrrole nitrogens is 2. The summed E-state index contributed by atoms with van der Waals surface area (Å²) in [6.45, 7) is 2.93. The maximum Gasteiger partial charge on any atom is 0.340 e. The van der Waals surface area contributed by atoms with Crippen LogP contribution in [0.3, 0.4) is 0 Å². The van der Waals surface area contributed by atoms with Crippen molar-refractivity contribution in [1.82, 2.24) is 20.5 Å². The molecular weight excluding hydrogens is 338 g/mol. The summed E-state index contributed by atoms with van der Waals surface area (Å²) in [5.41, 5.74) is 3.58. The zero-order valence-electron chi connectivity index (χ0n) is 15.3. The van der Waals surface area contributed by atoms with Crippen molar-refractivity contribution in [2.45, 2.75) is 25.3 Å². The highest BCUT2D eigenvalue weighted by atomic mass is 16.1. The number of rotatable bonds is 6. The minimum atomic E-state index is -0.240. The number of aromatic nitrogens is 3. The van der Waals surface area contributed by atoms with E-state index in [2.05, 4.69) is 80.0 Å². The van der Waals surface area contributed by atoms with Gasteiger partial charge >= 0.3 is 5.69 Å². The maximum absolute atomic E-state index is 11.0. The Balaban J connectivity index is 1.29. The Morgan fingerprint density at radius 2 is 1.81 bits per heavy atom. The van der Waals surface area contributed by atoms with Crippen LogP contribution in [-0.2, 0) is 6.42 Å². The minimum absolute atomic E-state index is 0.240. The van der Waals surface area contributed by atoms with Crippen molar-refractivity contribution < 1.29 is 0 Å². The lowest BCUT2D eigenvalue weighted by Gasteiger charge is -2.34. The minimum Gasteiger partial charge on any atom is -0.371 e. The highest BCUT2D eigenvalue weighted by Crippen LogP contribution is 2.26. The third kappa shape index (κ3) is 4.46. The fraction of sp³-hybridized carbons (Fsp3) is 0.333. The molecule has 140 valence electrons. The van der Waals surface area contributed by atoms with Crippen molar-refractivity contribution in [1.29, 1.82) is 0 Å². The summed E-state index contributed by atoms with van der Waals surface area (Å²) in [4.78, 5) is 16.2. The van der Waals surface area contributed by atoms with Gasteiger partial charge in [0.15, 0.2) is 0 Å². The summed E-state index contributed by atoms with van der Waals surface area (Å²) in [6.07, 6.45) is 2.97. The third-order valence-electron chi connectivity index (χ3n) is 5.16. The smallest absolute Gasteiger partial charge is 0.340 e. The number of nitrogens with zero attached hydrogens (tertiary/aromatic N) is 2. The van der Waals surface area contributed by atoms with Crippen LogP contribution in [0.25, 0.3) is 11.1 Å². The first kappa shape index (κ1) is 17.5. The van der Waals surface area contributed by atoms with Crippen LogP contribution >= 0.6 is 0 Å². The van der Waals surface area contributed by atoms with E-state index in [0.717, 1.165) is 38.9 Å². The van der Waals surface area contributed by atoms with Gasteiger partial charge in [0, 0.05) is 37.8 Å². The molecule has 1 aliphatic heterocycles. The van der Waals surface area contributed by atoms with E-state index in [1.165, 1.54) is 16.8 Å². The molecule has 0 radical (unpaired) electrons. The van der Waals surface area contributed by atoms with E-state index in [-0.39, 0.29) is 5.69 Å². The lowest BCUT2D eigenvalue weighted by atomic mass is 10.0. The van der Waals surface area contributed by atoms with Crippen LogP contribution in [0.2, 0.25) is 0 Å². The van der Waals surface area contributed by atoms with Crippen LogP contribution in [0.4, 0.5) is 5.69 Å². The fourth-order valence-corrected chi connectivity index (χ4v) is 3.67. The molecule has 3 N–H and O–H groups in total. The van der Waals surface area contributed by atoms with Crippen LogP contribution < -0.4 is 15.9 Å². The molecule has 4 rings (SSSR count). The number of nitrogens with one attached hydrogen (secondary N) is 3. The first-order valence-electron chi connectivity index (χ1n) is 9.55. The van der Waals surface area contributed by atoms with Crippen LogP contribution in [0.15, 0.2) is 59.4 Å². The molecule has 0 atom stereocenters. The Hall–Kier alpha value is -2.86. The fourth-order valence-electron chi connectivity index (χ4n) is 3.67. The number of aromatic amines is 2. The maximum atomic E-state index is 11.0. The number of hydrogen-bond donors (Lipinski definition) is 3. The first-order chi connectivity index (χ1) is 13.3. The molecule has 1 saturated heterocycles. The van der Waals surface area contributed by atoms with E-state index in [0.29, 0.717) is 11.9 Å². The number of hydrogen-bond acceptors (Lipinski definition) is 4. The highest BCUT2D eigenvalue weighted by Gasteiger charge is 2.19. The zero-order chi connectivity index (χ0) is 18.5. The Morgan fingerprint density at radius 3 is 2.56 bits per heavy atom. The summed E-state index contributed by atoms with van der Waals surface area (Å²) in [5.74, 6) is 0.711. The Labute approximate surface area is 158 Å². The monoisotopic (exact) mass is 363 g/mol. The molecule has 2 heterocycles. The van der Waals surface area contributed by atoms with Crippen LogP contribution in [-0.4, -0.2) is 40.9 Å². The molecule has 1 aliphatic rings. The lowest BCUT2D eigenvalue weighted by molar-refractivity contribution is 0.416. The van der Waals surface area contributed by atoms with Gasteiger partial charge in [-0.2, -0.15) is 5.10 Å². The van der Waals surface area contributed by atoms with Crippen molar-refractivity contribution >= 4 is 5.69 Å². The molecule has 6 nitrogen and oxygen atoms in total. The molecule has 0 saturated carbocycles. The molecule has 2 aromatic carbocycles. The van der Waals surface area contributed by atoms with Crippen molar-refractivity contribution in [3.63, 3.8) is 0 Å². The zero-order valence-corrected chi connectivity index (χ0v) is 15.3. The average Bonchev–Trinajstić information content (AvgIpc) is 3.14. The van der Waals surface area contributed by atoms with E-state index in [1.807, 2.05) is 0 Å². The normalized spacial score (nSPS) is 15.2. The number of anilines is 1. The Bertz CT molecular complexity index is 909. The van der Waals surface area contributed by atoms with Crippen molar-refractivity contribution in [3.8, 4) is 11.1 Å². The van der Waals surface area contributed by atoms with E-state index in [9.17, 15) is 4.79 Å². The standard InChI is InChI=1S/C21H25N5O/c27-21-23-20(24-25-21)9-12-22-18-10-13-26(14-11-18)19-8-4-7-17(15-19)16-5-2-1-3-6-16/h1-8,15,18,22H,9-14H2,(H2,23,24,25,27). The Morgan fingerprint density at radius 1 is 1.04 bits per heavy atom. The molecule has 0 aliphatic carbocycles. The number of benzene rings is 2. The molecule has 1 fully saturated rings.